The molecule has 5 rings (SSSR count). The van der Waals surface area contributed by atoms with E-state index in [1.807, 2.05) is 6.92 Å². The van der Waals surface area contributed by atoms with Crippen LogP contribution in [0.4, 0.5) is 14.6 Å². The number of thioether (sulfide) groups is 1. The fourth-order valence-electron chi connectivity index (χ4n) is 4.66. The maximum Gasteiger partial charge on any atom is 0.214 e. The van der Waals surface area contributed by atoms with Crippen molar-refractivity contribution in [3.63, 3.8) is 0 Å². The molecule has 10 nitrogen and oxygen atoms in total. The zero-order chi connectivity index (χ0) is 25.4. The Kier molecular flexibility index (Phi) is 7.10. The van der Waals surface area contributed by atoms with Crippen molar-refractivity contribution in [2.75, 3.05) is 24.3 Å². The topological polar surface area (TPSA) is 138 Å². The zero-order valence-corrected chi connectivity index (χ0v) is 20.5. The molecule has 0 amide bonds. The van der Waals surface area contributed by atoms with Gasteiger partial charge in [0.05, 0.1) is 13.2 Å². The molecule has 2 aliphatic rings. The van der Waals surface area contributed by atoms with E-state index >= 15 is 0 Å². The van der Waals surface area contributed by atoms with E-state index in [1.165, 1.54) is 22.5 Å². The van der Waals surface area contributed by atoms with Crippen LogP contribution in [-0.4, -0.2) is 77.5 Å². The van der Waals surface area contributed by atoms with Crippen LogP contribution < -0.4 is 5.32 Å². The molecule has 0 bridgehead atoms. The standard InChI is InChI=1S/C23H28F2N6O4S/c1-2-9-36-22-27-20(26-16-11-13(16)12-3-4-14(24)15(25)10-12)19-21(28-22)31(30-29-19)23(34)17(33)5-6-18(23)35-8-7-32/h3-4,10,13,16-18,32-34H,2,5-9,11H2,1H3,(H,26,27,28). The molecule has 1 aromatic carbocycles. The number of benzene rings is 1. The lowest BCUT2D eigenvalue weighted by atomic mass is 10.1. The Morgan fingerprint density at radius 2 is 2.08 bits per heavy atom. The van der Waals surface area contributed by atoms with Crippen LogP contribution >= 0.6 is 11.8 Å². The minimum Gasteiger partial charge on any atom is -0.394 e. The lowest BCUT2D eigenvalue weighted by Crippen LogP contribution is -2.50. The minimum atomic E-state index is -1.92. The van der Waals surface area contributed by atoms with Gasteiger partial charge in [0.25, 0.3) is 0 Å². The van der Waals surface area contributed by atoms with Crippen molar-refractivity contribution in [1.29, 1.82) is 0 Å². The fraction of sp³-hybridized carbons (Fsp3) is 0.565. The quantitative estimate of drug-likeness (QED) is 0.231. The van der Waals surface area contributed by atoms with Crippen molar-refractivity contribution in [3.8, 4) is 0 Å². The van der Waals surface area contributed by atoms with E-state index in [-0.39, 0.29) is 37.2 Å². The number of hydrogen-bond acceptors (Lipinski definition) is 10. The average Bonchev–Trinajstić information content (AvgIpc) is 3.39. The Hall–Kier alpha value is -2.45. The van der Waals surface area contributed by atoms with E-state index in [0.717, 1.165) is 18.2 Å². The van der Waals surface area contributed by atoms with Crippen LogP contribution in [0.15, 0.2) is 23.4 Å². The maximum atomic E-state index is 13.7. The maximum absolute atomic E-state index is 13.7. The minimum absolute atomic E-state index is 0.00122. The molecule has 2 aromatic heterocycles. The van der Waals surface area contributed by atoms with Gasteiger partial charge >= 0.3 is 0 Å². The number of aliphatic hydroxyl groups excluding tert-OH is 2. The molecule has 0 spiro atoms. The molecule has 0 aliphatic heterocycles. The Balaban J connectivity index is 1.49. The van der Waals surface area contributed by atoms with Crippen molar-refractivity contribution in [2.45, 2.75) is 67.7 Å². The van der Waals surface area contributed by atoms with Gasteiger partial charge in [-0.3, -0.25) is 0 Å². The number of nitrogens with zero attached hydrogens (tertiary/aromatic N) is 5. The van der Waals surface area contributed by atoms with Crippen LogP contribution in [0.1, 0.15) is 44.1 Å². The first-order valence-electron chi connectivity index (χ1n) is 12.0. The summed E-state index contributed by atoms with van der Waals surface area (Å²) in [6.07, 6.45) is 0.244. The summed E-state index contributed by atoms with van der Waals surface area (Å²) in [5, 5.41) is 43.5. The molecule has 5 atom stereocenters. The molecular formula is C23H28F2N6O4S. The van der Waals surface area contributed by atoms with Crippen molar-refractivity contribution in [2.24, 2.45) is 0 Å². The van der Waals surface area contributed by atoms with Crippen LogP contribution in [0.3, 0.4) is 0 Å². The number of ether oxygens (including phenoxy) is 1. The van der Waals surface area contributed by atoms with Gasteiger partial charge in [-0.2, -0.15) is 4.68 Å². The highest BCUT2D eigenvalue weighted by Crippen LogP contribution is 2.44. The number of nitrogens with one attached hydrogen (secondary N) is 1. The summed E-state index contributed by atoms with van der Waals surface area (Å²) in [5.74, 6) is -0.621. The van der Waals surface area contributed by atoms with E-state index in [2.05, 4.69) is 25.6 Å². The second-order valence-electron chi connectivity index (χ2n) is 9.10. The highest BCUT2D eigenvalue weighted by Gasteiger charge is 2.53. The van der Waals surface area contributed by atoms with Gasteiger partial charge in [-0.15, -0.1) is 5.10 Å². The Labute approximate surface area is 210 Å². The second-order valence-corrected chi connectivity index (χ2v) is 10.2. The van der Waals surface area contributed by atoms with E-state index in [4.69, 9.17) is 9.84 Å². The van der Waals surface area contributed by atoms with Crippen LogP contribution in [0.2, 0.25) is 0 Å². The first-order valence-corrected chi connectivity index (χ1v) is 13.0. The van der Waals surface area contributed by atoms with Crippen molar-refractivity contribution in [1.82, 2.24) is 25.0 Å². The van der Waals surface area contributed by atoms with Gasteiger partial charge in [0.2, 0.25) is 5.72 Å². The third kappa shape index (κ3) is 4.54. The molecule has 194 valence electrons. The molecule has 2 aliphatic carbocycles. The Morgan fingerprint density at radius 1 is 1.25 bits per heavy atom. The molecule has 36 heavy (non-hydrogen) atoms. The van der Waals surface area contributed by atoms with Crippen LogP contribution in [0.25, 0.3) is 11.2 Å². The van der Waals surface area contributed by atoms with E-state index in [9.17, 15) is 19.0 Å². The van der Waals surface area contributed by atoms with Gasteiger partial charge < -0.3 is 25.4 Å². The molecular weight excluding hydrogens is 494 g/mol. The number of rotatable bonds is 10. The lowest BCUT2D eigenvalue weighted by molar-refractivity contribution is -0.192. The van der Waals surface area contributed by atoms with E-state index in [1.54, 1.807) is 6.07 Å². The van der Waals surface area contributed by atoms with Crippen molar-refractivity contribution in [3.05, 3.63) is 35.4 Å². The zero-order valence-electron chi connectivity index (χ0n) is 19.6. The summed E-state index contributed by atoms with van der Waals surface area (Å²) < 4.78 is 33.9. The highest BCUT2D eigenvalue weighted by molar-refractivity contribution is 7.99. The Bertz CT molecular complexity index is 1250. The molecule has 2 heterocycles. The summed E-state index contributed by atoms with van der Waals surface area (Å²) in [6.45, 7) is 1.81. The number of aromatic nitrogens is 5. The molecule has 0 radical (unpaired) electrons. The summed E-state index contributed by atoms with van der Waals surface area (Å²) >= 11 is 1.44. The molecule has 2 saturated carbocycles. The van der Waals surface area contributed by atoms with E-state index in [0.29, 0.717) is 34.9 Å². The monoisotopic (exact) mass is 522 g/mol. The van der Waals surface area contributed by atoms with Gasteiger partial charge in [-0.05, 0) is 43.4 Å². The second kappa shape index (κ2) is 10.1. The fourth-order valence-corrected chi connectivity index (χ4v) is 5.36. The van der Waals surface area contributed by atoms with Gasteiger partial charge in [0.1, 0.15) is 12.2 Å². The first-order chi connectivity index (χ1) is 17.4. The lowest BCUT2D eigenvalue weighted by Gasteiger charge is -2.32. The normalized spacial score (nSPS) is 27.6. The first kappa shape index (κ1) is 25.2. The predicted octanol–water partition coefficient (Wildman–Crippen LogP) is 2.15. The summed E-state index contributed by atoms with van der Waals surface area (Å²) in [5.41, 5.74) is -0.693. The molecule has 2 fully saturated rings. The Morgan fingerprint density at radius 3 is 2.83 bits per heavy atom. The summed E-state index contributed by atoms with van der Waals surface area (Å²) in [4.78, 5) is 9.19. The van der Waals surface area contributed by atoms with Crippen molar-refractivity contribution < 1.29 is 28.8 Å². The van der Waals surface area contributed by atoms with Gasteiger partial charge in [-0.25, -0.2) is 18.7 Å². The van der Waals surface area contributed by atoms with Gasteiger partial charge in [0, 0.05) is 17.7 Å². The summed E-state index contributed by atoms with van der Waals surface area (Å²) in [6, 6.07) is 3.82. The van der Waals surface area contributed by atoms with Crippen molar-refractivity contribution >= 4 is 28.7 Å². The van der Waals surface area contributed by atoms with Crippen LogP contribution in [-0.2, 0) is 10.5 Å². The summed E-state index contributed by atoms with van der Waals surface area (Å²) in [7, 11) is 0. The number of aliphatic hydroxyl groups is 3. The number of hydrogen-bond donors (Lipinski definition) is 4. The van der Waals surface area contributed by atoms with Gasteiger partial charge in [-0.1, -0.05) is 30.0 Å². The molecule has 3 aromatic rings. The molecule has 5 unspecified atom stereocenters. The van der Waals surface area contributed by atoms with Crippen LogP contribution in [0, 0.1) is 11.6 Å². The predicted molar refractivity (Wildman–Crippen MR) is 128 cm³/mol. The highest BCUT2D eigenvalue weighted by atomic mass is 32.2. The molecule has 13 heteroatoms. The van der Waals surface area contributed by atoms with Gasteiger partial charge in [0.15, 0.2) is 33.8 Å². The average molecular weight is 523 g/mol. The largest absolute Gasteiger partial charge is 0.394 e. The third-order valence-corrected chi connectivity index (χ3v) is 7.67. The number of fused-ring (bicyclic) bond motifs is 1. The molecule has 4 N–H and O–H groups in total. The van der Waals surface area contributed by atoms with E-state index < -0.39 is 29.6 Å². The number of halogens is 2. The smallest absolute Gasteiger partial charge is 0.214 e. The van der Waals surface area contributed by atoms with Crippen LogP contribution in [0.5, 0.6) is 0 Å². The third-order valence-electron chi connectivity index (χ3n) is 6.62. The SMILES string of the molecule is CCCSc1nc(NC2CC2c2ccc(F)c(F)c2)c2nnn(C3(O)C(O)CCC3OCCO)c2n1. The molecule has 0 saturated heterocycles. The number of anilines is 1.